The van der Waals surface area contributed by atoms with E-state index in [9.17, 15) is 27.2 Å². The lowest BCUT2D eigenvalue weighted by Gasteiger charge is -2.27. The minimum atomic E-state index is -5.05. The van der Waals surface area contributed by atoms with Crippen molar-refractivity contribution in [1.82, 2.24) is 5.32 Å². The van der Waals surface area contributed by atoms with Crippen LogP contribution in [0, 0.1) is 0 Å². The Morgan fingerprint density at radius 1 is 1.26 bits per heavy atom. The lowest BCUT2D eigenvalue weighted by Crippen LogP contribution is -2.34. The predicted molar refractivity (Wildman–Crippen MR) is 78.0 cm³/mol. The van der Waals surface area contributed by atoms with Crippen molar-refractivity contribution < 1.29 is 31.9 Å². The first kappa shape index (κ1) is 19.7. The maximum atomic E-state index is 13.1. The van der Waals surface area contributed by atoms with Gasteiger partial charge < -0.3 is 10.1 Å². The lowest BCUT2D eigenvalue weighted by atomic mass is 10.2. The number of anilines is 1. The Morgan fingerprint density at radius 3 is 2.35 bits per heavy atom. The Balaban J connectivity index is 3.13. The van der Waals surface area contributed by atoms with Gasteiger partial charge in [0.2, 0.25) is 0 Å². The highest BCUT2D eigenvalue weighted by Crippen LogP contribution is 2.45. The number of nitrogens with one attached hydrogen (secondary N) is 1. The molecule has 0 aliphatic carbocycles. The van der Waals surface area contributed by atoms with E-state index in [1.54, 1.807) is 0 Å². The molecule has 0 aromatic heterocycles. The molecule has 0 bridgehead atoms. The number of carbonyl (C=O) groups is 2. The molecule has 0 radical (unpaired) electrons. The van der Waals surface area contributed by atoms with Crippen LogP contribution < -0.4 is 9.62 Å². The topological polar surface area (TPSA) is 58.6 Å². The minimum Gasteiger partial charge on any atom is -0.373 e. The highest BCUT2D eigenvalue weighted by molar-refractivity contribution is 8.04. The van der Waals surface area contributed by atoms with E-state index in [1.807, 2.05) is 5.32 Å². The number of esters is 1. The molecule has 1 aromatic rings. The molecular weight excluding hydrogens is 387 g/mol. The molecule has 1 aromatic carbocycles. The highest BCUT2D eigenvalue weighted by Gasteiger charge is 2.44. The average molecular weight is 395 g/mol. The predicted octanol–water partition coefficient (Wildman–Crippen LogP) is 4.22. The largest absolute Gasteiger partial charge is 0.495 e. The molecule has 0 aliphatic heterocycles. The monoisotopic (exact) mass is 394 g/mol. The number of carbonyl (C=O) groups excluding carboxylic acids is 2. The second-order valence-corrected chi connectivity index (χ2v) is 6.57. The van der Waals surface area contributed by atoms with Gasteiger partial charge in [0, 0.05) is 19.0 Å². The Hall–Kier alpha value is -1.39. The van der Waals surface area contributed by atoms with Gasteiger partial charge in [0.25, 0.3) is 0 Å². The first-order valence-corrected chi connectivity index (χ1v) is 7.13. The van der Waals surface area contributed by atoms with Crippen molar-refractivity contribution in [3.8, 4) is 0 Å². The van der Waals surface area contributed by atoms with Crippen LogP contribution in [0.25, 0.3) is 0 Å². The van der Waals surface area contributed by atoms with Crippen LogP contribution >= 0.6 is 35.1 Å². The summed E-state index contributed by atoms with van der Waals surface area (Å²) in [4.78, 5) is 22.5. The molecule has 23 heavy (non-hydrogen) atoms. The normalized spacial score (nSPS) is 11.8. The fourth-order valence-corrected chi connectivity index (χ4v) is 2.25. The Morgan fingerprint density at radius 2 is 1.87 bits per heavy atom. The van der Waals surface area contributed by atoms with Crippen molar-refractivity contribution in [1.29, 1.82) is 0 Å². The van der Waals surface area contributed by atoms with Crippen LogP contribution in [0.15, 0.2) is 24.3 Å². The Kier molecular flexibility index (Phi) is 6.37. The van der Waals surface area contributed by atoms with Gasteiger partial charge in [-0.3, -0.25) is 0 Å². The zero-order valence-electron chi connectivity index (χ0n) is 11.2. The molecule has 0 atom stereocenters. The molecule has 0 unspecified atom stereocenters. The van der Waals surface area contributed by atoms with Gasteiger partial charge in [0.05, 0.1) is 11.3 Å². The third kappa shape index (κ3) is 6.32. The molecule has 0 saturated carbocycles. The molecule has 0 saturated heterocycles. The van der Waals surface area contributed by atoms with Crippen molar-refractivity contribution in [3.63, 3.8) is 0 Å². The molecule has 5 nitrogen and oxygen atoms in total. The Labute approximate surface area is 142 Å². The molecule has 1 N–H and O–H groups in total. The van der Waals surface area contributed by atoms with Crippen LogP contribution in [0.3, 0.4) is 0 Å². The van der Waals surface area contributed by atoms with Gasteiger partial charge in [-0.05, 0) is 18.2 Å². The number of halogens is 6. The number of ether oxygens (including phenoxy) is 1. The van der Waals surface area contributed by atoms with Crippen LogP contribution in [0.2, 0.25) is 0 Å². The molecule has 1 amide bonds. The van der Waals surface area contributed by atoms with Crippen LogP contribution in [0.5, 0.6) is 0 Å². The quantitative estimate of drug-likeness (QED) is 0.207. The summed E-state index contributed by atoms with van der Waals surface area (Å²) in [5, 5.41) is 2.00. The molecule has 128 valence electrons. The first-order chi connectivity index (χ1) is 10.4. The fraction of sp³-hybridized carbons (Fsp3) is 0.273. The van der Waals surface area contributed by atoms with Crippen molar-refractivity contribution in [2.45, 2.75) is 10.2 Å². The van der Waals surface area contributed by atoms with Crippen LogP contribution in [0.4, 0.5) is 28.0 Å². The van der Waals surface area contributed by atoms with Gasteiger partial charge in [-0.2, -0.15) is 4.39 Å². The van der Waals surface area contributed by atoms with Crippen molar-refractivity contribution in [2.75, 3.05) is 11.4 Å². The van der Waals surface area contributed by atoms with E-state index in [0.717, 1.165) is 24.3 Å². The van der Waals surface area contributed by atoms with Gasteiger partial charge >= 0.3 is 22.3 Å². The van der Waals surface area contributed by atoms with Gasteiger partial charge in [0.15, 0.2) is 0 Å². The van der Waals surface area contributed by atoms with Gasteiger partial charge in [-0.15, -0.1) is 13.2 Å². The molecule has 1 rings (SSSR count). The smallest absolute Gasteiger partial charge is 0.373 e. The molecule has 0 spiro atoms. The van der Waals surface area contributed by atoms with E-state index in [1.165, 1.54) is 7.05 Å². The summed E-state index contributed by atoms with van der Waals surface area (Å²) < 4.78 is 52.6. The lowest BCUT2D eigenvalue weighted by molar-refractivity contribution is -0.114. The number of hydrogen-bond acceptors (Lipinski definition) is 5. The SMILES string of the molecule is CNC(=O)OC(=O)c1cccc(N(SC(F)(Cl)Cl)C(F)(F)F)c1. The summed E-state index contributed by atoms with van der Waals surface area (Å²) in [6.45, 7) is 0. The van der Waals surface area contributed by atoms with Gasteiger partial charge in [0.1, 0.15) is 0 Å². The number of nitrogens with zero attached hydrogens (tertiary/aromatic N) is 1. The van der Waals surface area contributed by atoms with E-state index < -0.39 is 44.2 Å². The molecule has 12 heteroatoms. The van der Waals surface area contributed by atoms with Gasteiger partial charge in [-0.1, -0.05) is 29.3 Å². The third-order valence-electron chi connectivity index (χ3n) is 2.13. The fourth-order valence-electron chi connectivity index (χ4n) is 1.31. The summed E-state index contributed by atoms with van der Waals surface area (Å²) in [6, 6.07) is 3.87. The Bertz CT molecular complexity index is 595. The molecule has 0 aliphatic rings. The summed E-state index contributed by atoms with van der Waals surface area (Å²) in [7, 11) is 1.19. The minimum absolute atomic E-state index is 0.366. The molecular formula is C11H8Cl2F4N2O3S. The number of rotatable bonds is 4. The number of hydrogen-bond donors (Lipinski definition) is 1. The zero-order chi connectivity index (χ0) is 17.8. The van der Waals surface area contributed by atoms with E-state index in [2.05, 4.69) is 4.74 Å². The summed E-state index contributed by atoms with van der Waals surface area (Å²) in [6.07, 6.45) is -6.14. The van der Waals surface area contributed by atoms with E-state index in [0.29, 0.717) is 0 Å². The zero-order valence-corrected chi connectivity index (χ0v) is 13.5. The van der Waals surface area contributed by atoms with Crippen LogP contribution in [-0.2, 0) is 4.74 Å². The third-order valence-corrected chi connectivity index (χ3v) is 3.35. The molecule has 0 fully saturated rings. The first-order valence-electron chi connectivity index (χ1n) is 5.61. The number of benzene rings is 1. The van der Waals surface area contributed by atoms with E-state index >= 15 is 0 Å². The summed E-state index contributed by atoms with van der Waals surface area (Å²) >= 11 is 9.34. The van der Waals surface area contributed by atoms with Crippen molar-refractivity contribution >= 4 is 52.9 Å². The maximum absolute atomic E-state index is 13.1. The standard InChI is InChI=1S/C11H8Cl2F4N2O3S/c1-18-9(21)22-8(20)6-3-2-4-7(5-6)19(11(15,16)17)23-10(12,13)14/h2-5H,1H3,(H,18,21). The van der Waals surface area contributed by atoms with Crippen LogP contribution in [-0.4, -0.2) is 29.3 Å². The number of alkyl halides is 6. The summed E-state index contributed by atoms with van der Waals surface area (Å²) in [5.41, 5.74) is -1.01. The van der Waals surface area contributed by atoms with Gasteiger partial charge in [-0.25, -0.2) is 13.9 Å². The summed E-state index contributed by atoms with van der Waals surface area (Å²) in [5.74, 6) is -1.19. The average Bonchev–Trinajstić information content (AvgIpc) is 2.42. The van der Waals surface area contributed by atoms with Crippen LogP contribution in [0.1, 0.15) is 10.4 Å². The maximum Gasteiger partial charge on any atom is 0.495 e. The second-order valence-electron chi connectivity index (χ2n) is 3.78. The number of amides is 1. The number of alkyl carbamates (subject to hydrolysis) is 1. The van der Waals surface area contributed by atoms with E-state index in [4.69, 9.17) is 23.2 Å². The van der Waals surface area contributed by atoms with E-state index in [-0.39, 0.29) is 5.56 Å². The molecule has 0 heterocycles. The van der Waals surface area contributed by atoms with Crippen molar-refractivity contribution in [3.05, 3.63) is 29.8 Å². The highest BCUT2D eigenvalue weighted by atomic mass is 35.5. The second kappa shape index (κ2) is 7.45. The van der Waals surface area contributed by atoms with Crippen molar-refractivity contribution in [2.24, 2.45) is 0 Å².